The molecule has 30 heavy (non-hydrogen) atoms. The van der Waals surface area contributed by atoms with Gasteiger partial charge in [0.15, 0.2) is 0 Å². The number of hydrogen-bond acceptors (Lipinski definition) is 4. The summed E-state index contributed by atoms with van der Waals surface area (Å²) in [5, 5.41) is 3.48. The first-order chi connectivity index (χ1) is 14.5. The number of carbonyl (C=O) groups excluding carboxylic acids is 2. The van der Waals surface area contributed by atoms with Crippen LogP contribution in [0.25, 0.3) is 0 Å². The zero-order chi connectivity index (χ0) is 20.5. The lowest BCUT2D eigenvalue weighted by atomic mass is 9.55. The summed E-state index contributed by atoms with van der Waals surface area (Å²) in [4.78, 5) is 27.4. The number of ether oxygens (including phenoxy) is 1. The van der Waals surface area contributed by atoms with Crippen LogP contribution in [0.1, 0.15) is 60.9 Å². The molecule has 1 heterocycles. The summed E-state index contributed by atoms with van der Waals surface area (Å²) in [6, 6.07) is 7.92. The van der Waals surface area contributed by atoms with Gasteiger partial charge < -0.3 is 10.1 Å². The van der Waals surface area contributed by atoms with Gasteiger partial charge in [-0.3, -0.25) is 9.69 Å². The lowest BCUT2D eigenvalue weighted by Crippen LogP contribution is -2.47. The highest BCUT2D eigenvalue weighted by molar-refractivity contribution is 5.89. The van der Waals surface area contributed by atoms with E-state index in [4.69, 9.17) is 4.74 Å². The van der Waals surface area contributed by atoms with Crippen LogP contribution < -0.4 is 5.32 Å². The van der Waals surface area contributed by atoms with Gasteiger partial charge >= 0.3 is 5.97 Å². The smallest absolute Gasteiger partial charge is 0.337 e. The number of nitrogens with one attached hydrogen (secondary N) is 1. The van der Waals surface area contributed by atoms with E-state index in [0.717, 1.165) is 56.7 Å². The predicted octanol–water partition coefficient (Wildman–Crippen LogP) is 3.38. The van der Waals surface area contributed by atoms with E-state index in [0.29, 0.717) is 16.9 Å². The minimum atomic E-state index is -0.299. The van der Waals surface area contributed by atoms with Crippen molar-refractivity contribution in [2.45, 2.75) is 57.5 Å². The molecule has 6 unspecified atom stereocenters. The molecule has 6 rings (SSSR count). The molecule has 0 radical (unpaired) electrons. The van der Waals surface area contributed by atoms with Gasteiger partial charge in [-0.2, -0.15) is 0 Å². The summed E-state index contributed by atoms with van der Waals surface area (Å²) in [6.45, 7) is 2.78. The lowest BCUT2D eigenvalue weighted by Gasteiger charge is -2.49. The van der Waals surface area contributed by atoms with Crippen LogP contribution in [0, 0.1) is 28.6 Å². The largest absolute Gasteiger partial charge is 0.465 e. The van der Waals surface area contributed by atoms with E-state index in [9.17, 15) is 9.59 Å². The van der Waals surface area contributed by atoms with Gasteiger partial charge in [0.2, 0.25) is 5.91 Å². The van der Waals surface area contributed by atoms with Crippen molar-refractivity contribution < 1.29 is 14.3 Å². The fourth-order valence-electron chi connectivity index (χ4n) is 8.18. The van der Waals surface area contributed by atoms with E-state index >= 15 is 0 Å². The molecule has 0 aromatic heterocycles. The van der Waals surface area contributed by atoms with Gasteiger partial charge in [0, 0.05) is 25.7 Å². The molecular formula is C25H32N2O3. The van der Waals surface area contributed by atoms with Crippen molar-refractivity contribution in [2.24, 2.45) is 28.6 Å². The van der Waals surface area contributed by atoms with Gasteiger partial charge in [0.25, 0.3) is 0 Å². The second-order valence-corrected chi connectivity index (χ2v) is 10.9. The Morgan fingerprint density at radius 2 is 1.97 bits per heavy atom. The van der Waals surface area contributed by atoms with Crippen LogP contribution in [0.3, 0.4) is 0 Å². The highest BCUT2D eigenvalue weighted by Crippen LogP contribution is 2.78. The quantitative estimate of drug-likeness (QED) is 0.759. The first kappa shape index (κ1) is 18.9. The Bertz CT molecular complexity index is 879. The first-order valence-electron chi connectivity index (χ1n) is 11.7. The molecule has 1 spiro atoms. The fourth-order valence-corrected chi connectivity index (χ4v) is 8.18. The summed E-state index contributed by atoms with van der Waals surface area (Å²) in [5.74, 6) is 2.67. The van der Waals surface area contributed by atoms with Gasteiger partial charge in [-0.05, 0) is 85.8 Å². The van der Waals surface area contributed by atoms with Crippen LogP contribution in [0.2, 0.25) is 0 Å². The summed E-state index contributed by atoms with van der Waals surface area (Å²) < 4.78 is 4.77. The standard InChI is InChI=1S/C25H32N2O3/c1-30-22(28)18-4-2-16(3-5-18)13-27-7-6-21(14-27)26-23(29)24-10-17-8-19-9-20(12-24)25(19,11-17)15-24/h2-5,17,19-21H,6-15H2,1H3,(H,26,29). The number of esters is 1. The van der Waals surface area contributed by atoms with E-state index in [1.807, 2.05) is 24.3 Å². The van der Waals surface area contributed by atoms with Gasteiger partial charge in [0.1, 0.15) is 0 Å². The van der Waals surface area contributed by atoms with Crippen molar-refractivity contribution in [3.05, 3.63) is 35.4 Å². The van der Waals surface area contributed by atoms with E-state index in [1.54, 1.807) is 0 Å². The number of rotatable bonds is 5. The van der Waals surface area contributed by atoms with Crippen molar-refractivity contribution >= 4 is 11.9 Å². The topological polar surface area (TPSA) is 58.6 Å². The third-order valence-corrected chi connectivity index (χ3v) is 9.34. The van der Waals surface area contributed by atoms with Crippen LogP contribution in [-0.4, -0.2) is 43.0 Å². The van der Waals surface area contributed by atoms with E-state index in [1.165, 1.54) is 38.4 Å². The maximum atomic E-state index is 13.4. The van der Waals surface area contributed by atoms with Crippen molar-refractivity contribution in [1.29, 1.82) is 0 Å². The molecule has 6 atom stereocenters. The Balaban J connectivity index is 1.06. The molecule has 1 amide bonds. The second-order valence-electron chi connectivity index (χ2n) is 10.9. The Hall–Kier alpha value is -1.88. The maximum Gasteiger partial charge on any atom is 0.337 e. The summed E-state index contributed by atoms with van der Waals surface area (Å²) in [6.07, 6.45) is 8.74. The number of amides is 1. The summed E-state index contributed by atoms with van der Waals surface area (Å²) in [5.41, 5.74) is 2.30. The van der Waals surface area contributed by atoms with Crippen LogP contribution in [0.5, 0.6) is 0 Å². The molecule has 4 saturated carbocycles. The van der Waals surface area contributed by atoms with Gasteiger partial charge in [-0.25, -0.2) is 4.79 Å². The molecule has 1 aliphatic heterocycles. The van der Waals surface area contributed by atoms with Gasteiger partial charge in [-0.1, -0.05) is 12.1 Å². The minimum absolute atomic E-state index is 0.0457. The molecular weight excluding hydrogens is 376 g/mol. The molecule has 160 valence electrons. The first-order valence-corrected chi connectivity index (χ1v) is 11.7. The Morgan fingerprint density at radius 3 is 2.77 bits per heavy atom. The van der Waals surface area contributed by atoms with Gasteiger partial charge in [-0.15, -0.1) is 0 Å². The Morgan fingerprint density at radius 1 is 1.13 bits per heavy atom. The molecule has 1 aromatic rings. The predicted molar refractivity (Wildman–Crippen MR) is 113 cm³/mol. The molecule has 5 fully saturated rings. The normalized spacial score (nSPS) is 40.8. The Kier molecular flexibility index (Phi) is 4.12. The highest BCUT2D eigenvalue weighted by Gasteiger charge is 2.72. The number of benzene rings is 1. The second kappa shape index (κ2) is 6.56. The lowest BCUT2D eigenvalue weighted by molar-refractivity contribution is -0.134. The number of likely N-dealkylation sites (tertiary alicyclic amines) is 1. The molecule has 1 aromatic carbocycles. The van der Waals surface area contributed by atoms with Crippen molar-refractivity contribution in [1.82, 2.24) is 10.2 Å². The molecule has 1 saturated heterocycles. The number of fused-ring (bicyclic) bond motifs is 2. The van der Waals surface area contributed by atoms with Crippen molar-refractivity contribution in [2.75, 3.05) is 20.2 Å². The minimum Gasteiger partial charge on any atom is -0.465 e. The van der Waals surface area contributed by atoms with E-state index < -0.39 is 0 Å². The summed E-state index contributed by atoms with van der Waals surface area (Å²) in [7, 11) is 1.40. The third-order valence-electron chi connectivity index (χ3n) is 9.34. The van der Waals surface area contributed by atoms with Crippen LogP contribution in [-0.2, 0) is 16.1 Å². The molecule has 5 aliphatic rings. The fraction of sp³-hybridized carbons (Fsp3) is 0.680. The SMILES string of the molecule is COC(=O)c1ccc(CN2CCC(NC(=O)C34CC5CC6CC(C3)C6(C5)C4)C2)cc1. The highest BCUT2D eigenvalue weighted by atomic mass is 16.5. The zero-order valence-corrected chi connectivity index (χ0v) is 17.9. The molecule has 5 nitrogen and oxygen atoms in total. The third kappa shape index (κ3) is 2.70. The molecule has 5 heteroatoms. The van der Waals surface area contributed by atoms with Crippen LogP contribution in [0.4, 0.5) is 0 Å². The van der Waals surface area contributed by atoms with Gasteiger partial charge in [0.05, 0.1) is 18.1 Å². The average molecular weight is 409 g/mol. The monoisotopic (exact) mass is 408 g/mol. The van der Waals surface area contributed by atoms with Crippen LogP contribution in [0.15, 0.2) is 24.3 Å². The number of carbonyl (C=O) groups is 2. The average Bonchev–Trinajstić information content (AvgIpc) is 3.31. The zero-order valence-electron chi connectivity index (χ0n) is 17.9. The van der Waals surface area contributed by atoms with Crippen molar-refractivity contribution in [3.63, 3.8) is 0 Å². The number of nitrogens with zero attached hydrogens (tertiary/aromatic N) is 1. The summed E-state index contributed by atoms with van der Waals surface area (Å²) >= 11 is 0. The van der Waals surface area contributed by atoms with E-state index in [-0.39, 0.29) is 17.4 Å². The number of methoxy groups -OCH3 is 1. The van der Waals surface area contributed by atoms with Crippen LogP contribution >= 0.6 is 0 Å². The Labute approximate surface area is 178 Å². The maximum absolute atomic E-state index is 13.4. The molecule has 3 bridgehead atoms. The number of hydrogen-bond donors (Lipinski definition) is 1. The molecule has 4 aliphatic carbocycles. The molecule has 1 N–H and O–H groups in total. The van der Waals surface area contributed by atoms with Crippen molar-refractivity contribution in [3.8, 4) is 0 Å². The van der Waals surface area contributed by atoms with E-state index in [2.05, 4.69) is 10.2 Å².